The molecule has 13 nitrogen and oxygen atoms in total. The summed E-state index contributed by atoms with van der Waals surface area (Å²) in [6.07, 6.45) is 2.94. The molecule has 53 heavy (non-hydrogen) atoms. The van der Waals surface area contributed by atoms with Gasteiger partial charge in [0.05, 0.1) is 33.6 Å². The number of rotatable bonds is 8. The van der Waals surface area contributed by atoms with Crippen molar-refractivity contribution in [1.82, 2.24) is 34.0 Å². The van der Waals surface area contributed by atoms with E-state index in [-0.39, 0.29) is 64.8 Å². The Hall–Kier alpha value is -5.09. The van der Waals surface area contributed by atoms with Crippen LogP contribution in [0.5, 0.6) is 5.75 Å². The first kappa shape index (κ1) is 37.7. The van der Waals surface area contributed by atoms with Crippen LogP contribution in [0.1, 0.15) is 85.3 Å². The van der Waals surface area contributed by atoms with Gasteiger partial charge in [0, 0.05) is 24.9 Å². The summed E-state index contributed by atoms with van der Waals surface area (Å²) >= 11 is 6.14. The zero-order valence-corrected chi connectivity index (χ0v) is 30.5. The van der Waals surface area contributed by atoms with E-state index < -0.39 is 34.7 Å². The van der Waals surface area contributed by atoms with E-state index in [1.54, 1.807) is 29.6 Å². The lowest BCUT2D eigenvalue weighted by molar-refractivity contribution is -0.137. The first-order valence-corrected chi connectivity index (χ1v) is 17.3. The average molecular weight is 755 g/mol. The largest absolute Gasteiger partial charge is 0.504 e. The number of carbonyl (C=O) groups excluding carboxylic acids is 2. The monoisotopic (exact) mass is 754 g/mol. The molecule has 4 aromatic rings. The predicted molar refractivity (Wildman–Crippen MR) is 190 cm³/mol. The number of anilines is 1. The molecule has 2 N–H and O–H groups in total. The maximum Gasteiger partial charge on any atom is 0.416 e. The van der Waals surface area contributed by atoms with Crippen molar-refractivity contribution in [2.45, 2.75) is 84.2 Å². The van der Waals surface area contributed by atoms with Gasteiger partial charge in [-0.25, -0.2) is 9.97 Å². The smallest absolute Gasteiger partial charge is 0.416 e. The van der Waals surface area contributed by atoms with E-state index in [0.29, 0.717) is 30.8 Å². The van der Waals surface area contributed by atoms with Gasteiger partial charge in [-0.2, -0.15) is 22.7 Å². The van der Waals surface area contributed by atoms with Crippen LogP contribution < -0.4 is 10.9 Å². The molecule has 1 saturated heterocycles. The van der Waals surface area contributed by atoms with Crippen molar-refractivity contribution >= 4 is 46.5 Å². The van der Waals surface area contributed by atoms with Gasteiger partial charge in [0.1, 0.15) is 12.9 Å². The minimum atomic E-state index is -4.62. The highest BCUT2D eigenvalue weighted by molar-refractivity contribution is 6.33. The minimum absolute atomic E-state index is 0.0211. The van der Waals surface area contributed by atoms with Crippen molar-refractivity contribution in [2.24, 2.45) is 0 Å². The van der Waals surface area contributed by atoms with E-state index in [1.165, 1.54) is 6.33 Å². The minimum Gasteiger partial charge on any atom is -0.504 e. The highest BCUT2D eigenvalue weighted by Gasteiger charge is 2.40. The van der Waals surface area contributed by atoms with Gasteiger partial charge in [0.25, 0.3) is 11.5 Å². The Labute approximate surface area is 307 Å². The third-order valence-electron chi connectivity index (χ3n) is 9.63. The number of amides is 2. The Morgan fingerprint density at radius 3 is 2.62 bits per heavy atom. The SMILES string of the molecule is CCc1c(/C=C2/CN(C(=O)c3ncnc(C)c3O)C(C)(C)C2)c(=O)n2nc(C3=CCC(OC)CC3)nc2n1CC(=O)Nc1ccc(C(F)(F)F)cc1Cl. The molecule has 3 aromatic heterocycles. The quantitative estimate of drug-likeness (QED) is 0.225. The van der Waals surface area contributed by atoms with Crippen molar-refractivity contribution in [2.75, 3.05) is 19.0 Å². The zero-order chi connectivity index (χ0) is 38.4. The summed E-state index contributed by atoms with van der Waals surface area (Å²) in [5.74, 6) is -1.02. The molecular weight excluding hydrogens is 717 g/mol. The molecule has 2 aliphatic rings. The van der Waals surface area contributed by atoms with Gasteiger partial charge in [0.15, 0.2) is 17.3 Å². The molecule has 17 heteroatoms. The van der Waals surface area contributed by atoms with Crippen LogP contribution in [0.2, 0.25) is 5.02 Å². The number of hydrogen-bond acceptors (Lipinski definition) is 9. The summed E-state index contributed by atoms with van der Waals surface area (Å²) in [5, 5.41) is 17.4. The maximum absolute atomic E-state index is 14.3. The lowest BCUT2D eigenvalue weighted by atomic mass is 9.97. The van der Waals surface area contributed by atoms with Crippen molar-refractivity contribution in [3.63, 3.8) is 0 Å². The molecule has 1 fully saturated rings. The molecule has 1 aliphatic carbocycles. The number of allylic oxidation sites excluding steroid dienone is 1. The Balaban J connectivity index is 1.42. The number of aromatic hydroxyl groups is 1. The van der Waals surface area contributed by atoms with Crippen molar-refractivity contribution < 1.29 is 32.6 Å². The van der Waals surface area contributed by atoms with E-state index in [0.717, 1.165) is 40.3 Å². The number of alkyl halides is 3. The van der Waals surface area contributed by atoms with Gasteiger partial charge in [-0.3, -0.25) is 14.4 Å². The fourth-order valence-corrected chi connectivity index (χ4v) is 7.05. The number of methoxy groups -OCH3 is 1. The molecule has 2 amide bonds. The molecule has 0 spiro atoms. The molecule has 1 unspecified atom stereocenters. The van der Waals surface area contributed by atoms with Gasteiger partial charge in [0.2, 0.25) is 11.7 Å². The second-order valence-corrected chi connectivity index (χ2v) is 14.1. The number of nitrogens with zero attached hydrogens (tertiary/aromatic N) is 7. The summed E-state index contributed by atoms with van der Waals surface area (Å²) in [4.78, 5) is 55.7. The number of ether oxygens (including phenoxy) is 1. The molecular formula is C36H38ClF3N8O5. The maximum atomic E-state index is 14.3. The number of hydrogen-bond donors (Lipinski definition) is 2. The number of aromatic nitrogens is 6. The highest BCUT2D eigenvalue weighted by atomic mass is 35.5. The number of carbonyl (C=O) groups is 2. The zero-order valence-electron chi connectivity index (χ0n) is 29.7. The lowest BCUT2D eigenvalue weighted by Gasteiger charge is -2.30. The Morgan fingerprint density at radius 1 is 1.23 bits per heavy atom. The molecule has 0 saturated carbocycles. The molecule has 1 aromatic carbocycles. The topological polar surface area (TPSA) is 157 Å². The van der Waals surface area contributed by atoms with Crippen LogP contribution >= 0.6 is 11.6 Å². The number of nitrogens with one attached hydrogen (secondary N) is 1. The third-order valence-corrected chi connectivity index (χ3v) is 9.95. The molecule has 0 radical (unpaired) electrons. The van der Waals surface area contributed by atoms with E-state index >= 15 is 0 Å². The second-order valence-electron chi connectivity index (χ2n) is 13.7. The average Bonchev–Trinajstić information content (AvgIpc) is 3.69. The van der Waals surface area contributed by atoms with E-state index in [4.69, 9.17) is 21.3 Å². The van der Waals surface area contributed by atoms with E-state index in [2.05, 4.69) is 20.4 Å². The summed E-state index contributed by atoms with van der Waals surface area (Å²) in [7, 11) is 1.64. The van der Waals surface area contributed by atoms with Crippen LogP contribution in [-0.2, 0) is 28.7 Å². The fourth-order valence-electron chi connectivity index (χ4n) is 6.82. The lowest BCUT2D eigenvalue weighted by Crippen LogP contribution is -2.43. The molecule has 4 heterocycles. The number of aryl methyl sites for hydroxylation is 1. The molecule has 0 bridgehead atoms. The van der Waals surface area contributed by atoms with Crippen LogP contribution in [0.3, 0.4) is 0 Å². The normalized spacial score (nSPS) is 18.1. The first-order chi connectivity index (χ1) is 25.0. The Morgan fingerprint density at radius 2 is 1.98 bits per heavy atom. The second kappa shape index (κ2) is 14.4. The Kier molecular flexibility index (Phi) is 10.2. The first-order valence-electron chi connectivity index (χ1n) is 17.0. The summed E-state index contributed by atoms with van der Waals surface area (Å²) < 4.78 is 47.9. The van der Waals surface area contributed by atoms with Crippen molar-refractivity contribution in [3.8, 4) is 5.75 Å². The van der Waals surface area contributed by atoms with Crippen LogP contribution in [0.4, 0.5) is 18.9 Å². The summed E-state index contributed by atoms with van der Waals surface area (Å²) in [6, 6.07) is 2.63. The van der Waals surface area contributed by atoms with E-state index in [1.807, 2.05) is 26.8 Å². The molecule has 6 rings (SSSR count). The third kappa shape index (κ3) is 7.42. The van der Waals surface area contributed by atoms with Crippen molar-refractivity contribution in [1.29, 1.82) is 0 Å². The Bertz CT molecular complexity index is 2240. The molecule has 280 valence electrons. The van der Waals surface area contributed by atoms with Gasteiger partial charge < -0.3 is 24.6 Å². The fraction of sp³-hybridized carbons (Fsp3) is 0.417. The van der Waals surface area contributed by atoms with E-state index in [9.17, 15) is 32.7 Å². The van der Waals surface area contributed by atoms with Crippen LogP contribution in [0.15, 0.2) is 41.0 Å². The highest BCUT2D eigenvalue weighted by Crippen LogP contribution is 2.37. The van der Waals surface area contributed by atoms with Crippen LogP contribution in [0.25, 0.3) is 17.4 Å². The number of benzene rings is 1. The van der Waals surface area contributed by atoms with Gasteiger partial charge in [-0.15, -0.1) is 5.10 Å². The predicted octanol–water partition coefficient (Wildman–Crippen LogP) is 5.86. The van der Waals surface area contributed by atoms with Crippen LogP contribution in [-0.4, -0.2) is 76.3 Å². The molecule has 1 atom stereocenters. The number of fused-ring (bicyclic) bond motifs is 1. The van der Waals surface area contributed by atoms with Gasteiger partial charge >= 0.3 is 6.18 Å². The number of halogens is 4. The summed E-state index contributed by atoms with van der Waals surface area (Å²) in [6.45, 7) is 6.85. The number of likely N-dealkylation sites (tertiary alicyclic amines) is 1. The standard InChI is InChI=1S/C36H38ClF3N8O5/c1-6-27-24(13-20-15-35(3,4)47(16-20)33(52)29-30(50)19(2)41-18-42-29)32(51)48-34(44-31(45-48)21-7-10-23(53-5)11-8-21)46(27)17-28(49)43-26-12-9-22(14-25(26)37)36(38,39)40/h7,9,12-14,18,23,50H,6,8,10-11,15-17H2,1-5H3,(H,43,49)/b20-13+. The van der Waals surface area contributed by atoms with Gasteiger partial charge in [-0.1, -0.05) is 24.6 Å². The molecule has 1 aliphatic heterocycles. The van der Waals surface area contributed by atoms with Crippen LogP contribution in [0, 0.1) is 6.92 Å². The van der Waals surface area contributed by atoms with Crippen molar-refractivity contribution in [3.05, 3.63) is 85.6 Å². The van der Waals surface area contributed by atoms with Gasteiger partial charge in [-0.05, 0) is 88.3 Å². The summed E-state index contributed by atoms with van der Waals surface area (Å²) in [5.41, 5.74) is 0.174.